The van der Waals surface area contributed by atoms with Gasteiger partial charge in [0.1, 0.15) is 6.33 Å². The van der Waals surface area contributed by atoms with Crippen LogP contribution in [0.3, 0.4) is 0 Å². The molecule has 0 aliphatic rings. The van der Waals surface area contributed by atoms with Crippen molar-refractivity contribution in [2.75, 3.05) is 11.9 Å². The number of hydrogen-bond acceptors (Lipinski definition) is 4. The molecule has 0 spiro atoms. The molecule has 0 fully saturated rings. The van der Waals surface area contributed by atoms with Crippen LogP contribution in [-0.2, 0) is 6.42 Å². The average molecular weight is 308 g/mol. The molecule has 0 amide bonds. The van der Waals surface area contributed by atoms with Crippen molar-refractivity contribution in [2.24, 2.45) is 0 Å². The molecule has 0 saturated carbocycles. The van der Waals surface area contributed by atoms with Crippen molar-refractivity contribution in [3.8, 4) is 0 Å². The molecule has 0 aliphatic heterocycles. The van der Waals surface area contributed by atoms with Crippen molar-refractivity contribution >= 4 is 34.7 Å². The van der Waals surface area contributed by atoms with E-state index in [9.17, 15) is 0 Å². The van der Waals surface area contributed by atoms with Crippen molar-refractivity contribution in [1.29, 1.82) is 0 Å². The molecular weight excluding hydrogens is 297 g/mol. The molecule has 7 heteroatoms. The highest BCUT2D eigenvalue weighted by Crippen LogP contribution is 2.21. The number of nitrogens with zero attached hydrogens (tertiary/aromatic N) is 4. The molecule has 2 aromatic heterocycles. The summed E-state index contributed by atoms with van der Waals surface area (Å²) >= 11 is 12.0. The first-order valence-electron chi connectivity index (χ1n) is 6.06. The van der Waals surface area contributed by atoms with Crippen LogP contribution >= 0.6 is 23.2 Å². The van der Waals surface area contributed by atoms with Crippen LogP contribution in [0.4, 0.5) is 5.82 Å². The van der Waals surface area contributed by atoms with Crippen LogP contribution in [0.1, 0.15) is 5.56 Å². The zero-order valence-corrected chi connectivity index (χ0v) is 11.9. The van der Waals surface area contributed by atoms with Gasteiger partial charge in [0.2, 0.25) is 5.65 Å². The summed E-state index contributed by atoms with van der Waals surface area (Å²) in [6.07, 6.45) is 5.91. The molecule has 1 N–H and O–H groups in total. The summed E-state index contributed by atoms with van der Waals surface area (Å²) in [5.74, 6) is 0.704. The van der Waals surface area contributed by atoms with Gasteiger partial charge in [-0.1, -0.05) is 29.3 Å². The van der Waals surface area contributed by atoms with Crippen molar-refractivity contribution in [3.63, 3.8) is 0 Å². The summed E-state index contributed by atoms with van der Waals surface area (Å²) in [7, 11) is 0. The highest BCUT2D eigenvalue weighted by Gasteiger charge is 2.05. The van der Waals surface area contributed by atoms with E-state index in [0.29, 0.717) is 28.1 Å². The molecule has 0 radical (unpaired) electrons. The lowest BCUT2D eigenvalue weighted by Crippen LogP contribution is -2.08. The molecule has 0 unspecified atom stereocenters. The number of halogens is 2. The Morgan fingerprint density at radius 1 is 1.25 bits per heavy atom. The van der Waals surface area contributed by atoms with Crippen molar-refractivity contribution in [3.05, 3.63) is 52.5 Å². The van der Waals surface area contributed by atoms with E-state index in [-0.39, 0.29) is 0 Å². The lowest BCUT2D eigenvalue weighted by molar-refractivity contribution is 0.998. The normalized spacial score (nSPS) is 10.9. The third-order valence-corrected chi connectivity index (χ3v) is 3.50. The van der Waals surface area contributed by atoms with Gasteiger partial charge >= 0.3 is 0 Å². The Labute approximate surface area is 125 Å². The number of rotatable bonds is 4. The Balaban J connectivity index is 1.69. The summed E-state index contributed by atoms with van der Waals surface area (Å²) in [6.45, 7) is 0.695. The van der Waals surface area contributed by atoms with Crippen LogP contribution in [-0.4, -0.2) is 26.1 Å². The number of aromatic nitrogens is 4. The molecule has 3 rings (SSSR count). The maximum atomic E-state index is 6.13. The van der Waals surface area contributed by atoms with Gasteiger partial charge in [0.05, 0.1) is 0 Å². The second-order valence-corrected chi connectivity index (χ2v) is 5.09. The van der Waals surface area contributed by atoms with Crippen LogP contribution in [0.5, 0.6) is 0 Å². The minimum atomic E-state index is 0.640. The van der Waals surface area contributed by atoms with E-state index in [2.05, 4.69) is 20.5 Å². The first kappa shape index (κ1) is 13.1. The van der Waals surface area contributed by atoms with Crippen molar-refractivity contribution in [1.82, 2.24) is 19.6 Å². The highest BCUT2D eigenvalue weighted by molar-refractivity contribution is 6.35. The fourth-order valence-corrected chi connectivity index (χ4v) is 2.43. The Morgan fingerprint density at radius 2 is 2.15 bits per heavy atom. The van der Waals surface area contributed by atoms with Crippen LogP contribution in [0.2, 0.25) is 10.0 Å². The Kier molecular flexibility index (Phi) is 3.71. The first-order valence-corrected chi connectivity index (χ1v) is 6.82. The summed E-state index contributed by atoms with van der Waals surface area (Å²) in [6, 6.07) is 5.51. The Hall–Kier alpha value is -1.85. The Morgan fingerprint density at radius 3 is 3.00 bits per heavy atom. The number of benzene rings is 1. The quantitative estimate of drug-likeness (QED) is 0.805. The summed E-state index contributed by atoms with van der Waals surface area (Å²) in [5.41, 5.74) is 1.74. The number of anilines is 1. The molecule has 0 atom stereocenters. The second kappa shape index (κ2) is 5.64. The summed E-state index contributed by atoms with van der Waals surface area (Å²) in [5, 5.41) is 12.4. The van der Waals surface area contributed by atoms with Gasteiger partial charge in [-0.05, 0) is 24.1 Å². The molecule has 5 nitrogen and oxygen atoms in total. The summed E-state index contributed by atoms with van der Waals surface area (Å²) in [4.78, 5) is 4.26. The van der Waals surface area contributed by atoms with Crippen molar-refractivity contribution < 1.29 is 0 Å². The van der Waals surface area contributed by atoms with Crippen molar-refractivity contribution in [2.45, 2.75) is 6.42 Å². The number of fused-ring (bicyclic) bond motifs is 1. The molecular formula is C13H11Cl2N5. The van der Waals surface area contributed by atoms with E-state index in [4.69, 9.17) is 23.2 Å². The summed E-state index contributed by atoms with van der Waals surface area (Å²) < 4.78 is 1.81. The smallest absolute Gasteiger partial charge is 0.203 e. The fourth-order valence-electron chi connectivity index (χ4n) is 1.92. The minimum absolute atomic E-state index is 0.640. The molecule has 0 aliphatic carbocycles. The largest absolute Gasteiger partial charge is 0.367 e. The van der Waals surface area contributed by atoms with Gasteiger partial charge in [-0.25, -0.2) is 4.98 Å². The maximum Gasteiger partial charge on any atom is 0.203 e. The molecule has 0 bridgehead atoms. The lowest BCUT2D eigenvalue weighted by atomic mass is 10.1. The zero-order chi connectivity index (χ0) is 13.9. The number of hydrogen-bond donors (Lipinski definition) is 1. The molecule has 102 valence electrons. The van der Waals surface area contributed by atoms with Gasteiger partial charge in [-0.15, -0.1) is 10.2 Å². The van der Waals surface area contributed by atoms with Gasteiger partial charge in [0, 0.05) is 29.0 Å². The van der Waals surface area contributed by atoms with Gasteiger partial charge in [0.15, 0.2) is 5.82 Å². The molecule has 1 aromatic carbocycles. The van der Waals surface area contributed by atoms with Crippen LogP contribution < -0.4 is 5.32 Å². The van der Waals surface area contributed by atoms with E-state index in [0.717, 1.165) is 12.0 Å². The Bertz CT molecular complexity index is 740. The topological polar surface area (TPSA) is 55.1 Å². The lowest BCUT2D eigenvalue weighted by Gasteiger charge is -2.07. The van der Waals surface area contributed by atoms with E-state index in [1.54, 1.807) is 24.8 Å². The standard InChI is InChI=1S/C13H11Cl2N5/c14-10-2-1-9(11(15)7-10)3-4-16-12-13-19-18-8-20(13)6-5-17-12/h1-2,5-8H,3-4H2,(H,16,17). The second-order valence-electron chi connectivity index (χ2n) is 4.25. The predicted octanol–water partition coefficient (Wildman–Crippen LogP) is 3.09. The predicted molar refractivity (Wildman–Crippen MR) is 79.4 cm³/mol. The molecule has 3 aromatic rings. The molecule has 0 saturated heterocycles. The van der Waals surface area contributed by atoms with Crippen LogP contribution in [0.25, 0.3) is 5.65 Å². The third-order valence-electron chi connectivity index (χ3n) is 2.92. The molecule has 2 heterocycles. The molecule has 20 heavy (non-hydrogen) atoms. The minimum Gasteiger partial charge on any atom is -0.367 e. The van der Waals surface area contributed by atoms with E-state index in [1.165, 1.54) is 0 Å². The van der Waals surface area contributed by atoms with Gasteiger partial charge in [0.25, 0.3) is 0 Å². The van der Waals surface area contributed by atoms with E-state index >= 15 is 0 Å². The fraction of sp³-hybridized carbons (Fsp3) is 0.154. The maximum absolute atomic E-state index is 6.13. The monoisotopic (exact) mass is 307 g/mol. The van der Waals surface area contributed by atoms with Gasteiger partial charge in [-0.3, -0.25) is 4.40 Å². The average Bonchev–Trinajstić information content (AvgIpc) is 2.90. The van der Waals surface area contributed by atoms with E-state index < -0.39 is 0 Å². The van der Waals surface area contributed by atoms with Crippen LogP contribution in [0, 0.1) is 0 Å². The van der Waals surface area contributed by atoms with Gasteiger partial charge in [-0.2, -0.15) is 0 Å². The van der Waals surface area contributed by atoms with E-state index in [1.807, 2.05) is 16.5 Å². The SMILES string of the molecule is Clc1ccc(CCNc2nccn3cnnc23)c(Cl)c1. The zero-order valence-electron chi connectivity index (χ0n) is 10.4. The third kappa shape index (κ3) is 2.69. The highest BCUT2D eigenvalue weighted by atomic mass is 35.5. The first-order chi connectivity index (χ1) is 9.74. The van der Waals surface area contributed by atoms with Crippen LogP contribution in [0.15, 0.2) is 36.9 Å². The van der Waals surface area contributed by atoms with Gasteiger partial charge < -0.3 is 5.32 Å². The number of nitrogens with one attached hydrogen (secondary N) is 1.